The lowest BCUT2D eigenvalue weighted by Crippen LogP contribution is -2.44. The zero-order valence-electron chi connectivity index (χ0n) is 25.7. The highest BCUT2D eigenvalue weighted by Crippen LogP contribution is 2.44. The summed E-state index contributed by atoms with van der Waals surface area (Å²) in [4.78, 5) is 28.0. The monoisotopic (exact) mass is 616 g/mol. The first kappa shape index (κ1) is 29.7. The molecule has 5 aromatic rings. The van der Waals surface area contributed by atoms with Gasteiger partial charge in [-0.15, -0.1) is 11.3 Å². The Balaban J connectivity index is 1.53. The van der Waals surface area contributed by atoms with E-state index in [0.717, 1.165) is 86.2 Å². The number of Topliss-reactive ketones (excluding diaryl/α,β-unsaturated/α-hetero) is 1. The van der Waals surface area contributed by atoms with Gasteiger partial charge in [0.25, 0.3) is 0 Å². The molecule has 0 spiro atoms. The number of thiazole rings is 1. The van der Waals surface area contributed by atoms with Crippen LogP contribution in [-0.2, 0) is 16.6 Å². The Hall–Kier alpha value is -3.37. The average molecular weight is 617 g/mol. The first-order chi connectivity index (χ1) is 20.4. The Morgan fingerprint density at radius 3 is 2.37 bits per heavy atom. The highest BCUT2D eigenvalue weighted by molar-refractivity contribution is 7.22. The van der Waals surface area contributed by atoms with E-state index in [0.29, 0.717) is 5.02 Å². The topological polar surface area (TPSA) is 76.4 Å². The minimum atomic E-state index is -0.725. The predicted octanol–water partition coefficient (Wildman–Crippen LogP) is 7.07. The highest BCUT2D eigenvalue weighted by Gasteiger charge is 2.31. The molecule has 1 aliphatic rings. The van der Waals surface area contributed by atoms with Crippen molar-refractivity contribution in [1.29, 1.82) is 0 Å². The molecular formula is C33H37ClN6O2S. The van der Waals surface area contributed by atoms with Crippen LogP contribution < -0.4 is 4.90 Å². The van der Waals surface area contributed by atoms with Crippen LogP contribution in [0.25, 0.3) is 43.1 Å². The number of halogens is 1. The molecule has 1 aliphatic heterocycles. The van der Waals surface area contributed by atoms with Crippen molar-refractivity contribution in [2.75, 3.05) is 38.1 Å². The van der Waals surface area contributed by atoms with Crippen molar-refractivity contribution in [2.24, 2.45) is 7.05 Å². The van der Waals surface area contributed by atoms with E-state index in [1.165, 1.54) is 0 Å². The highest BCUT2D eigenvalue weighted by atomic mass is 35.5. The summed E-state index contributed by atoms with van der Waals surface area (Å²) >= 11 is 7.87. The summed E-state index contributed by atoms with van der Waals surface area (Å²) in [5.41, 5.74) is 6.73. The van der Waals surface area contributed by atoms with E-state index in [4.69, 9.17) is 31.4 Å². The van der Waals surface area contributed by atoms with Crippen molar-refractivity contribution >= 4 is 55.8 Å². The van der Waals surface area contributed by atoms with Crippen LogP contribution in [0.1, 0.15) is 44.9 Å². The molecule has 8 nitrogen and oxygen atoms in total. The fraction of sp³-hybridized carbons (Fsp3) is 0.394. The van der Waals surface area contributed by atoms with Gasteiger partial charge in [0.05, 0.1) is 27.0 Å². The number of carbonyl (C=O) groups excluding carboxylic acids is 1. The number of ether oxygens (including phenoxy) is 1. The van der Waals surface area contributed by atoms with E-state index in [2.05, 4.69) is 29.0 Å². The molecule has 10 heteroatoms. The molecule has 0 amide bonds. The Kier molecular flexibility index (Phi) is 7.79. The summed E-state index contributed by atoms with van der Waals surface area (Å²) in [7, 11) is 4.12. The fourth-order valence-electron chi connectivity index (χ4n) is 5.73. The maximum atomic E-state index is 13.1. The van der Waals surface area contributed by atoms with Gasteiger partial charge in [0.1, 0.15) is 16.6 Å². The van der Waals surface area contributed by atoms with Crippen molar-refractivity contribution in [3.63, 3.8) is 0 Å². The number of ketones is 1. The summed E-state index contributed by atoms with van der Waals surface area (Å²) in [5.74, 6) is 0.870. The van der Waals surface area contributed by atoms with Crippen molar-refractivity contribution in [1.82, 2.24) is 24.6 Å². The van der Waals surface area contributed by atoms with Gasteiger partial charge in [-0.2, -0.15) is 5.10 Å². The molecule has 0 radical (unpaired) electrons. The first-order valence-electron chi connectivity index (χ1n) is 14.6. The molecule has 224 valence electrons. The zero-order valence-corrected chi connectivity index (χ0v) is 27.3. The van der Waals surface area contributed by atoms with Gasteiger partial charge in [-0.25, -0.2) is 9.97 Å². The Bertz CT molecular complexity index is 1830. The molecule has 1 fully saturated rings. The van der Waals surface area contributed by atoms with Crippen LogP contribution in [0.3, 0.4) is 0 Å². The summed E-state index contributed by atoms with van der Waals surface area (Å²) in [5, 5.41) is 6.32. The number of piperazine rings is 1. The number of hydrogen-bond acceptors (Lipinski definition) is 8. The van der Waals surface area contributed by atoms with Gasteiger partial charge >= 0.3 is 0 Å². The Morgan fingerprint density at radius 1 is 1.02 bits per heavy atom. The first-order valence-corrected chi connectivity index (χ1v) is 15.7. The van der Waals surface area contributed by atoms with Gasteiger partial charge in [-0.3, -0.25) is 9.48 Å². The maximum absolute atomic E-state index is 13.1. The van der Waals surface area contributed by atoms with Gasteiger partial charge in [0, 0.05) is 49.4 Å². The van der Waals surface area contributed by atoms with Crippen LogP contribution in [0.2, 0.25) is 5.02 Å². The van der Waals surface area contributed by atoms with E-state index >= 15 is 0 Å². The SMILES string of the molecule is CC(=O)[C@@H](OC(C)(C)C)c1c(C)cc2nc(-c3ccc4c(n3)c(N3CCN(C)CC3)nn4C)sc2c1-c1ccc(Cl)cc1. The second-order valence-corrected chi connectivity index (χ2v) is 13.8. The number of aromatic nitrogens is 4. The van der Waals surface area contributed by atoms with E-state index in [1.54, 1.807) is 18.3 Å². The van der Waals surface area contributed by atoms with Gasteiger partial charge in [0.2, 0.25) is 0 Å². The van der Waals surface area contributed by atoms with E-state index in [-0.39, 0.29) is 5.78 Å². The molecule has 1 atom stereocenters. The van der Waals surface area contributed by atoms with Crippen LogP contribution in [0, 0.1) is 6.92 Å². The minimum absolute atomic E-state index is 0.0440. The number of likely N-dealkylation sites (N-methyl/N-ethyl adjacent to an activating group) is 1. The van der Waals surface area contributed by atoms with Crippen molar-refractivity contribution < 1.29 is 9.53 Å². The number of benzene rings is 2. The summed E-state index contributed by atoms with van der Waals surface area (Å²) in [6, 6.07) is 13.9. The number of hydrogen-bond donors (Lipinski definition) is 0. The molecule has 0 N–H and O–H groups in total. The second-order valence-electron chi connectivity index (χ2n) is 12.4. The molecule has 4 heterocycles. The van der Waals surface area contributed by atoms with Crippen LogP contribution in [0.5, 0.6) is 0 Å². The summed E-state index contributed by atoms with van der Waals surface area (Å²) in [6.45, 7) is 13.3. The quantitative estimate of drug-likeness (QED) is 0.202. The number of pyridine rings is 1. The van der Waals surface area contributed by atoms with Gasteiger partial charge in [0.15, 0.2) is 11.6 Å². The lowest BCUT2D eigenvalue weighted by atomic mass is 9.90. The summed E-state index contributed by atoms with van der Waals surface area (Å²) in [6.07, 6.45) is -0.725. The molecular weight excluding hydrogens is 580 g/mol. The number of carbonyl (C=O) groups is 1. The van der Waals surface area contributed by atoms with Gasteiger partial charge in [-0.1, -0.05) is 23.7 Å². The lowest BCUT2D eigenvalue weighted by Gasteiger charge is -2.32. The average Bonchev–Trinajstić information content (AvgIpc) is 3.52. The molecule has 6 rings (SSSR count). The lowest BCUT2D eigenvalue weighted by molar-refractivity contribution is -0.138. The molecule has 0 unspecified atom stereocenters. The number of nitrogens with zero attached hydrogens (tertiary/aromatic N) is 6. The molecule has 2 aromatic carbocycles. The molecule has 43 heavy (non-hydrogen) atoms. The smallest absolute Gasteiger partial charge is 0.177 e. The van der Waals surface area contributed by atoms with Crippen LogP contribution in [0.4, 0.5) is 5.82 Å². The number of fused-ring (bicyclic) bond motifs is 2. The third-order valence-corrected chi connectivity index (χ3v) is 9.23. The van der Waals surface area contributed by atoms with Crippen LogP contribution >= 0.6 is 22.9 Å². The molecule has 0 aliphatic carbocycles. The fourth-order valence-corrected chi connectivity index (χ4v) is 6.95. The maximum Gasteiger partial charge on any atom is 0.177 e. The molecule has 3 aromatic heterocycles. The van der Waals surface area contributed by atoms with Crippen molar-refractivity contribution in [3.8, 4) is 21.8 Å². The predicted molar refractivity (Wildman–Crippen MR) is 176 cm³/mol. The Morgan fingerprint density at radius 2 is 1.72 bits per heavy atom. The number of aryl methyl sites for hydroxylation is 2. The zero-order chi connectivity index (χ0) is 30.6. The largest absolute Gasteiger partial charge is 0.360 e. The second kappa shape index (κ2) is 11.3. The van der Waals surface area contributed by atoms with Crippen LogP contribution in [0.15, 0.2) is 42.5 Å². The molecule has 1 saturated heterocycles. The van der Waals surface area contributed by atoms with E-state index in [1.807, 2.05) is 69.8 Å². The summed E-state index contributed by atoms with van der Waals surface area (Å²) < 4.78 is 9.29. The van der Waals surface area contributed by atoms with Crippen molar-refractivity contribution in [2.45, 2.75) is 46.3 Å². The number of anilines is 1. The Labute approximate surface area is 261 Å². The third kappa shape index (κ3) is 5.79. The van der Waals surface area contributed by atoms with Crippen LogP contribution in [-0.4, -0.2) is 69.3 Å². The van der Waals surface area contributed by atoms with E-state index in [9.17, 15) is 4.79 Å². The van der Waals surface area contributed by atoms with Gasteiger partial charge in [-0.05, 0) is 83.1 Å². The van der Waals surface area contributed by atoms with E-state index < -0.39 is 11.7 Å². The van der Waals surface area contributed by atoms with Crippen molar-refractivity contribution in [3.05, 3.63) is 58.6 Å². The molecule has 0 saturated carbocycles. The third-order valence-electron chi connectivity index (χ3n) is 7.86. The minimum Gasteiger partial charge on any atom is -0.360 e. The normalized spacial score (nSPS) is 15.5. The van der Waals surface area contributed by atoms with Gasteiger partial charge < -0.3 is 14.5 Å². The number of rotatable bonds is 6. The standard InChI is InChI=1S/C33H37ClN6O2S/c1-19-18-24-30(27(21-8-10-22(34)11-9-21)26(19)29(20(2)41)42-33(3,4)5)43-32(36-24)23-12-13-25-28(35-23)31(37-39(25)7)40-16-14-38(6)15-17-40/h8-13,18,29H,14-17H2,1-7H3/t29-/m1/s1. The molecule has 0 bridgehead atoms.